The summed E-state index contributed by atoms with van der Waals surface area (Å²) in [5.41, 5.74) is 0.727. The van der Waals surface area contributed by atoms with E-state index in [9.17, 15) is 13.2 Å². The second kappa shape index (κ2) is 6.26. The van der Waals surface area contributed by atoms with Crippen LogP contribution in [-0.2, 0) is 15.8 Å². The zero-order chi connectivity index (χ0) is 15.6. The number of benzene rings is 1. The molecule has 3 rings (SSSR count). The topological polar surface area (TPSA) is 34.1 Å². The van der Waals surface area contributed by atoms with E-state index in [-0.39, 0.29) is 6.10 Å². The Kier molecular flexibility index (Phi) is 4.35. The van der Waals surface area contributed by atoms with Gasteiger partial charge in [0.05, 0.1) is 24.5 Å². The average molecular weight is 314 g/mol. The largest absolute Gasteiger partial charge is 0.416 e. The van der Waals surface area contributed by atoms with Crippen LogP contribution in [0, 0.1) is 0 Å². The van der Waals surface area contributed by atoms with E-state index in [0.29, 0.717) is 17.7 Å². The normalized spacial score (nSPS) is 23.2. The third-order valence-corrected chi connectivity index (χ3v) is 3.84. The van der Waals surface area contributed by atoms with Gasteiger partial charge in [-0.05, 0) is 17.7 Å². The molecule has 1 aromatic carbocycles. The van der Waals surface area contributed by atoms with Crippen molar-refractivity contribution in [3.05, 3.63) is 35.4 Å². The molecule has 120 valence electrons. The molecule has 22 heavy (non-hydrogen) atoms. The zero-order valence-electron chi connectivity index (χ0n) is 12.0. The number of hydrogen-bond acceptors (Lipinski definition) is 4. The summed E-state index contributed by atoms with van der Waals surface area (Å²) < 4.78 is 42.9. The van der Waals surface area contributed by atoms with Gasteiger partial charge in [0.15, 0.2) is 0 Å². The Morgan fingerprint density at radius 1 is 1.14 bits per heavy atom. The zero-order valence-corrected chi connectivity index (χ0v) is 12.0. The molecule has 1 atom stereocenters. The van der Waals surface area contributed by atoms with E-state index >= 15 is 0 Å². The van der Waals surface area contributed by atoms with Gasteiger partial charge in [-0.1, -0.05) is 17.3 Å². The molecular weight excluding hydrogens is 297 g/mol. The lowest BCUT2D eigenvalue weighted by atomic mass is 10.0. The third kappa shape index (κ3) is 3.59. The molecule has 2 aliphatic heterocycles. The van der Waals surface area contributed by atoms with E-state index < -0.39 is 11.7 Å². The highest BCUT2D eigenvalue weighted by atomic mass is 19.4. The molecule has 0 saturated carbocycles. The Bertz CT molecular complexity index is 537. The Hall–Kier alpha value is -1.60. The molecule has 0 N–H and O–H groups in total. The standard InChI is InChI=1S/C15H17F3N2O2/c16-15(17,18)12-3-1-11(2-4-12)14-9-13(22-19-14)10-20-5-7-21-8-6-20/h1-4,13H,5-10H2. The van der Waals surface area contributed by atoms with Crippen LogP contribution in [0.1, 0.15) is 17.5 Å². The number of rotatable bonds is 3. The predicted molar refractivity (Wildman–Crippen MR) is 74.7 cm³/mol. The third-order valence-electron chi connectivity index (χ3n) is 3.84. The predicted octanol–water partition coefficient (Wildman–Crippen LogP) is 2.53. The summed E-state index contributed by atoms with van der Waals surface area (Å²) in [5, 5.41) is 4.02. The lowest BCUT2D eigenvalue weighted by Gasteiger charge is -2.27. The molecule has 1 aromatic rings. The summed E-state index contributed by atoms with van der Waals surface area (Å²) in [7, 11) is 0. The van der Waals surface area contributed by atoms with Crippen LogP contribution in [0.5, 0.6) is 0 Å². The minimum atomic E-state index is -4.31. The van der Waals surface area contributed by atoms with E-state index in [1.807, 2.05) is 0 Å². The maximum absolute atomic E-state index is 12.5. The van der Waals surface area contributed by atoms with Crippen LogP contribution < -0.4 is 0 Å². The van der Waals surface area contributed by atoms with Gasteiger partial charge in [0, 0.05) is 26.1 Å². The maximum Gasteiger partial charge on any atom is 0.416 e. The van der Waals surface area contributed by atoms with Crippen LogP contribution in [0.4, 0.5) is 13.2 Å². The summed E-state index contributed by atoms with van der Waals surface area (Å²) in [5.74, 6) is 0. The van der Waals surface area contributed by atoms with Crippen molar-refractivity contribution in [2.24, 2.45) is 5.16 Å². The lowest BCUT2D eigenvalue weighted by molar-refractivity contribution is -0.137. The molecule has 1 fully saturated rings. The fourth-order valence-electron chi connectivity index (χ4n) is 2.62. The minimum absolute atomic E-state index is 0.0459. The summed E-state index contributed by atoms with van der Waals surface area (Å²) >= 11 is 0. The van der Waals surface area contributed by atoms with Gasteiger partial charge < -0.3 is 9.57 Å². The summed E-state index contributed by atoms with van der Waals surface area (Å²) in [6.45, 7) is 3.95. The van der Waals surface area contributed by atoms with Gasteiger partial charge in [0.2, 0.25) is 0 Å². The van der Waals surface area contributed by atoms with Crippen LogP contribution >= 0.6 is 0 Å². The van der Waals surface area contributed by atoms with Gasteiger partial charge in [-0.25, -0.2) is 0 Å². The molecule has 4 nitrogen and oxygen atoms in total. The van der Waals surface area contributed by atoms with Gasteiger partial charge in [-0.3, -0.25) is 4.90 Å². The molecule has 7 heteroatoms. The van der Waals surface area contributed by atoms with Crippen LogP contribution in [0.3, 0.4) is 0 Å². The van der Waals surface area contributed by atoms with Crippen LogP contribution in [-0.4, -0.2) is 49.6 Å². The molecule has 1 unspecified atom stereocenters. The van der Waals surface area contributed by atoms with Gasteiger partial charge in [0.1, 0.15) is 6.10 Å². The molecule has 0 radical (unpaired) electrons. The molecule has 1 saturated heterocycles. The number of hydrogen-bond donors (Lipinski definition) is 0. The van der Waals surface area contributed by atoms with E-state index in [0.717, 1.165) is 45.0 Å². The summed E-state index contributed by atoms with van der Waals surface area (Å²) in [6, 6.07) is 5.05. The molecule has 0 aromatic heterocycles. The molecule has 2 heterocycles. The number of ether oxygens (including phenoxy) is 1. The van der Waals surface area contributed by atoms with Crippen molar-refractivity contribution in [3.8, 4) is 0 Å². The molecule has 0 spiro atoms. The molecule has 0 aliphatic carbocycles. The number of morpholine rings is 1. The van der Waals surface area contributed by atoms with Gasteiger partial charge in [-0.2, -0.15) is 13.2 Å². The van der Waals surface area contributed by atoms with Crippen molar-refractivity contribution in [2.75, 3.05) is 32.8 Å². The molecule has 0 bridgehead atoms. The van der Waals surface area contributed by atoms with E-state index in [2.05, 4.69) is 10.1 Å². The highest BCUT2D eigenvalue weighted by molar-refractivity contribution is 6.01. The number of oxime groups is 1. The first-order valence-corrected chi connectivity index (χ1v) is 7.23. The molecule has 0 amide bonds. The van der Waals surface area contributed by atoms with E-state index in [4.69, 9.17) is 9.57 Å². The smallest absolute Gasteiger partial charge is 0.390 e. The van der Waals surface area contributed by atoms with Crippen molar-refractivity contribution in [1.82, 2.24) is 4.90 Å². The minimum Gasteiger partial charge on any atom is -0.390 e. The summed E-state index contributed by atoms with van der Waals surface area (Å²) in [6.07, 6.45) is -3.75. The van der Waals surface area contributed by atoms with Crippen LogP contribution in [0.2, 0.25) is 0 Å². The maximum atomic E-state index is 12.5. The van der Waals surface area contributed by atoms with Crippen molar-refractivity contribution >= 4 is 5.71 Å². The van der Waals surface area contributed by atoms with Crippen molar-refractivity contribution < 1.29 is 22.7 Å². The molecule has 2 aliphatic rings. The van der Waals surface area contributed by atoms with Crippen LogP contribution in [0.15, 0.2) is 29.4 Å². The second-order valence-corrected chi connectivity index (χ2v) is 5.46. The average Bonchev–Trinajstić information content (AvgIpc) is 2.96. The first kappa shape index (κ1) is 15.3. The SMILES string of the molecule is FC(F)(F)c1ccc(C2=NOC(CN3CCOCC3)C2)cc1. The number of halogens is 3. The summed E-state index contributed by atoms with van der Waals surface area (Å²) in [4.78, 5) is 7.65. The van der Waals surface area contributed by atoms with Crippen LogP contribution in [0.25, 0.3) is 0 Å². The Balaban J connectivity index is 1.57. The molecular formula is C15H17F3N2O2. The Morgan fingerprint density at radius 3 is 2.45 bits per heavy atom. The lowest BCUT2D eigenvalue weighted by Crippen LogP contribution is -2.41. The van der Waals surface area contributed by atoms with Gasteiger partial charge in [-0.15, -0.1) is 0 Å². The van der Waals surface area contributed by atoms with Crippen molar-refractivity contribution in [3.63, 3.8) is 0 Å². The van der Waals surface area contributed by atoms with Gasteiger partial charge >= 0.3 is 6.18 Å². The Labute approximate surface area is 126 Å². The first-order chi connectivity index (χ1) is 10.5. The van der Waals surface area contributed by atoms with E-state index in [1.165, 1.54) is 12.1 Å². The van der Waals surface area contributed by atoms with Gasteiger partial charge in [0.25, 0.3) is 0 Å². The quantitative estimate of drug-likeness (QED) is 0.860. The number of alkyl halides is 3. The van der Waals surface area contributed by atoms with E-state index in [1.54, 1.807) is 0 Å². The highest BCUT2D eigenvalue weighted by Gasteiger charge is 2.31. The highest BCUT2D eigenvalue weighted by Crippen LogP contribution is 2.29. The fourth-order valence-corrected chi connectivity index (χ4v) is 2.62. The monoisotopic (exact) mass is 314 g/mol. The number of nitrogens with zero attached hydrogens (tertiary/aromatic N) is 2. The fraction of sp³-hybridized carbons (Fsp3) is 0.533. The first-order valence-electron chi connectivity index (χ1n) is 7.23. The second-order valence-electron chi connectivity index (χ2n) is 5.46. The van der Waals surface area contributed by atoms with Crippen molar-refractivity contribution in [1.29, 1.82) is 0 Å². The van der Waals surface area contributed by atoms with Crippen molar-refractivity contribution in [2.45, 2.75) is 18.7 Å². The Morgan fingerprint density at radius 2 is 1.82 bits per heavy atom.